The summed E-state index contributed by atoms with van der Waals surface area (Å²) in [5, 5.41) is 0. The second-order valence-electron chi connectivity index (χ2n) is 4.02. The molecule has 1 rings (SSSR count). The molecular weight excluding hydrogens is 168 g/mol. The quantitative estimate of drug-likeness (QED) is 0.627. The molecule has 0 atom stereocenters. The summed E-state index contributed by atoms with van der Waals surface area (Å²) < 4.78 is 5.07. The van der Waals surface area contributed by atoms with Gasteiger partial charge in [-0.3, -0.25) is 0 Å². The highest BCUT2D eigenvalue weighted by Gasteiger charge is 2.25. The molecule has 0 saturated carbocycles. The summed E-state index contributed by atoms with van der Waals surface area (Å²) in [5.74, 6) is 2.73. The highest BCUT2D eigenvalue weighted by molar-refractivity contribution is 7.99. The Morgan fingerprint density at radius 1 is 1.33 bits per heavy atom. The molecule has 2 heteroatoms. The van der Waals surface area contributed by atoms with Gasteiger partial charge in [-0.05, 0) is 42.6 Å². The normalized spacial score (nSPS) is 22.5. The van der Waals surface area contributed by atoms with Crippen molar-refractivity contribution in [2.24, 2.45) is 5.41 Å². The lowest BCUT2D eigenvalue weighted by atomic mass is 9.80. The Labute approximate surface area is 80.3 Å². The van der Waals surface area contributed by atoms with Crippen LogP contribution in [-0.4, -0.2) is 25.2 Å². The van der Waals surface area contributed by atoms with Gasteiger partial charge in [0, 0.05) is 13.7 Å². The van der Waals surface area contributed by atoms with Gasteiger partial charge in [0.1, 0.15) is 0 Å². The largest absolute Gasteiger partial charge is 0.385 e. The average molecular weight is 188 g/mol. The Hall–Kier alpha value is 0.310. The molecule has 0 amide bonds. The Kier molecular flexibility index (Phi) is 4.44. The van der Waals surface area contributed by atoms with Gasteiger partial charge in [-0.25, -0.2) is 0 Å². The lowest BCUT2D eigenvalue weighted by Gasteiger charge is -2.33. The summed E-state index contributed by atoms with van der Waals surface area (Å²) in [4.78, 5) is 0. The summed E-state index contributed by atoms with van der Waals surface area (Å²) >= 11 is 2.11. The van der Waals surface area contributed by atoms with E-state index in [4.69, 9.17) is 4.74 Å². The number of hydrogen-bond acceptors (Lipinski definition) is 2. The molecule has 1 fully saturated rings. The van der Waals surface area contributed by atoms with Crippen molar-refractivity contribution in [2.75, 3.05) is 25.2 Å². The fourth-order valence-corrected chi connectivity index (χ4v) is 3.24. The summed E-state index contributed by atoms with van der Waals surface area (Å²) in [6.07, 6.45) is 5.39. The van der Waals surface area contributed by atoms with E-state index in [-0.39, 0.29) is 0 Å². The molecule has 12 heavy (non-hydrogen) atoms. The van der Waals surface area contributed by atoms with Crippen LogP contribution in [0.5, 0.6) is 0 Å². The van der Waals surface area contributed by atoms with E-state index in [1.165, 1.54) is 37.2 Å². The van der Waals surface area contributed by atoms with E-state index < -0.39 is 0 Å². The van der Waals surface area contributed by atoms with E-state index in [0.29, 0.717) is 5.41 Å². The van der Waals surface area contributed by atoms with Crippen LogP contribution in [0.3, 0.4) is 0 Å². The summed E-state index contributed by atoms with van der Waals surface area (Å²) in [7, 11) is 1.79. The van der Waals surface area contributed by atoms with Gasteiger partial charge >= 0.3 is 0 Å². The molecule has 1 nitrogen and oxygen atoms in total. The first-order chi connectivity index (χ1) is 5.77. The van der Waals surface area contributed by atoms with Crippen LogP contribution in [0.2, 0.25) is 0 Å². The monoisotopic (exact) mass is 188 g/mol. The third-order valence-corrected chi connectivity index (χ3v) is 3.81. The zero-order chi connectivity index (χ0) is 8.86. The van der Waals surface area contributed by atoms with Crippen LogP contribution in [0, 0.1) is 5.41 Å². The number of ether oxygens (including phenoxy) is 1. The topological polar surface area (TPSA) is 9.23 Å². The van der Waals surface area contributed by atoms with E-state index >= 15 is 0 Å². The first-order valence-electron chi connectivity index (χ1n) is 4.83. The molecule has 0 unspecified atom stereocenters. The van der Waals surface area contributed by atoms with Gasteiger partial charge in [0.15, 0.2) is 0 Å². The minimum atomic E-state index is 0.629. The second-order valence-corrected chi connectivity index (χ2v) is 5.24. The van der Waals surface area contributed by atoms with Crippen molar-refractivity contribution in [3.63, 3.8) is 0 Å². The van der Waals surface area contributed by atoms with E-state index in [0.717, 1.165) is 6.61 Å². The van der Waals surface area contributed by atoms with Crippen molar-refractivity contribution in [3.8, 4) is 0 Å². The molecule has 0 aromatic carbocycles. The fourth-order valence-electron chi connectivity index (χ4n) is 1.76. The minimum absolute atomic E-state index is 0.629. The maximum absolute atomic E-state index is 5.07. The van der Waals surface area contributed by atoms with E-state index in [1.807, 2.05) is 0 Å². The minimum Gasteiger partial charge on any atom is -0.385 e. The third-order valence-electron chi connectivity index (χ3n) is 2.83. The molecule has 0 spiro atoms. The zero-order valence-corrected chi connectivity index (χ0v) is 9.08. The fraction of sp³-hybridized carbons (Fsp3) is 1.00. The molecule has 0 radical (unpaired) electrons. The lowest BCUT2D eigenvalue weighted by molar-refractivity contribution is 0.166. The molecule has 0 aromatic rings. The SMILES string of the molecule is COCCCC1(C)CCSCC1. The van der Waals surface area contributed by atoms with Gasteiger partial charge < -0.3 is 4.74 Å². The Balaban J connectivity index is 2.17. The maximum atomic E-state index is 5.07. The standard InChI is InChI=1S/C10H20OS/c1-10(4-3-7-11-2)5-8-12-9-6-10/h3-9H2,1-2H3. The predicted molar refractivity (Wildman–Crippen MR) is 55.8 cm³/mol. The van der Waals surface area contributed by atoms with Crippen LogP contribution in [0.4, 0.5) is 0 Å². The van der Waals surface area contributed by atoms with E-state index in [9.17, 15) is 0 Å². The zero-order valence-electron chi connectivity index (χ0n) is 8.27. The number of rotatable bonds is 4. The van der Waals surface area contributed by atoms with Crippen molar-refractivity contribution in [3.05, 3.63) is 0 Å². The van der Waals surface area contributed by atoms with Crippen molar-refractivity contribution in [1.82, 2.24) is 0 Å². The number of methoxy groups -OCH3 is 1. The number of thioether (sulfide) groups is 1. The van der Waals surface area contributed by atoms with E-state index in [1.54, 1.807) is 7.11 Å². The molecule has 1 saturated heterocycles. The van der Waals surface area contributed by atoms with Gasteiger partial charge in [-0.15, -0.1) is 0 Å². The lowest BCUT2D eigenvalue weighted by Crippen LogP contribution is -2.22. The predicted octanol–water partition coefficient (Wildman–Crippen LogP) is 2.95. The molecular formula is C10H20OS. The van der Waals surface area contributed by atoms with Gasteiger partial charge in [0.2, 0.25) is 0 Å². The van der Waals surface area contributed by atoms with Gasteiger partial charge in [-0.2, -0.15) is 11.8 Å². The Morgan fingerprint density at radius 3 is 2.58 bits per heavy atom. The van der Waals surface area contributed by atoms with Gasteiger partial charge in [-0.1, -0.05) is 6.92 Å². The maximum Gasteiger partial charge on any atom is 0.0462 e. The summed E-state index contributed by atoms with van der Waals surface area (Å²) in [5.41, 5.74) is 0.629. The van der Waals surface area contributed by atoms with Gasteiger partial charge in [0.25, 0.3) is 0 Å². The second kappa shape index (κ2) is 5.13. The van der Waals surface area contributed by atoms with Crippen LogP contribution in [0.15, 0.2) is 0 Å². The van der Waals surface area contributed by atoms with Gasteiger partial charge in [0.05, 0.1) is 0 Å². The van der Waals surface area contributed by atoms with Crippen molar-refractivity contribution >= 4 is 11.8 Å². The highest BCUT2D eigenvalue weighted by atomic mass is 32.2. The third kappa shape index (κ3) is 3.36. The molecule has 72 valence electrons. The molecule has 0 aromatic heterocycles. The first kappa shape index (κ1) is 10.4. The van der Waals surface area contributed by atoms with Crippen LogP contribution >= 0.6 is 11.8 Å². The van der Waals surface area contributed by atoms with Crippen molar-refractivity contribution < 1.29 is 4.74 Å². The average Bonchev–Trinajstić information content (AvgIpc) is 2.06. The van der Waals surface area contributed by atoms with Crippen molar-refractivity contribution in [2.45, 2.75) is 32.6 Å². The Bertz CT molecular complexity index is 119. The Morgan fingerprint density at radius 2 is 2.00 bits per heavy atom. The smallest absolute Gasteiger partial charge is 0.0462 e. The molecule has 1 heterocycles. The number of hydrogen-bond donors (Lipinski definition) is 0. The summed E-state index contributed by atoms with van der Waals surface area (Å²) in [6.45, 7) is 3.37. The van der Waals surface area contributed by atoms with E-state index in [2.05, 4.69) is 18.7 Å². The molecule has 0 aliphatic carbocycles. The van der Waals surface area contributed by atoms with Crippen LogP contribution in [-0.2, 0) is 4.74 Å². The first-order valence-corrected chi connectivity index (χ1v) is 5.99. The molecule has 1 aliphatic heterocycles. The van der Waals surface area contributed by atoms with Crippen molar-refractivity contribution in [1.29, 1.82) is 0 Å². The molecule has 0 bridgehead atoms. The molecule has 0 N–H and O–H groups in total. The van der Waals surface area contributed by atoms with Crippen LogP contribution < -0.4 is 0 Å². The van der Waals surface area contributed by atoms with Crippen LogP contribution in [0.1, 0.15) is 32.6 Å². The van der Waals surface area contributed by atoms with Crippen LogP contribution in [0.25, 0.3) is 0 Å². The highest BCUT2D eigenvalue weighted by Crippen LogP contribution is 2.38. The molecule has 1 aliphatic rings. The summed E-state index contributed by atoms with van der Waals surface area (Å²) in [6, 6.07) is 0.